The van der Waals surface area contributed by atoms with Gasteiger partial charge in [-0.1, -0.05) is 25.5 Å². The number of aliphatic imine (C=N–C) groups is 1. The summed E-state index contributed by atoms with van der Waals surface area (Å²) >= 11 is 0. The average molecular weight is 506 g/mol. The van der Waals surface area contributed by atoms with E-state index >= 15 is 0 Å². The van der Waals surface area contributed by atoms with Crippen LogP contribution in [-0.2, 0) is 0 Å². The lowest BCUT2D eigenvalue weighted by Gasteiger charge is -2.18. The Balaban J connectivity index is 0.00000729. The normalized spacial score (nSPS) is 12.6. The van der Waals surface area contributed by atoms with Crippen LogP contribution < -0.4 is 15.4 Å². The van der Waals surface area contributed by atoms with Crippen LogP contribution in [0.1, 0.15) is 52.2 Å². The number of aliphatic hydroxyl groups excluding tert-OH is 1. The predicted octanol–water partition coefficient (Wildman–Crippen LogP) is 3.41. The van der Waals surface area contributed by atoms with Gasteiger partial charge in [0, 0.05) is 19.6 Å². The highest BCUT2D eigenvalue weighted by atomic mass is 127. The summed E-state index contributed by atoms with van der Waals surface area (Å²) in [4.78, 5) is 6.84. The minimum atomic E-state index is -0.664. The molecule has 7 heteroatoms. The molecule has 6 nitrogen and oxygen atoms in total. The third-order valence-corrected chi connectivity index (χ3v) is 4.06. The zero-order valence-electron chi connectivity index (χ0n) is 18.1. The zero-order chi connectivity index (χ0) is 20.1. The standard InChI is InChI=1S/C21H38N4O2.HI/c1-6-8-13-25(5)14-12-23-21(22-7-2)24-16-20(26)18-10-9-11-19(15-18)27-17(3)4;/h9-11,15,17,20,26H,6-8,12-14,16H2,1-5H3,(H2,22,23,24);1H. The first-order chi connectivity index (χ1) is 13.0. The summed E-state index contributed by atoms with van der Waals surface area (Å²) in [6, 6.07) is 7.58. The number of unbranched alkanes of at least 4 members (excludes halogenated alkanes) is 1. The SMILES string of the molecule is CCCCN(C)CCNC(=NCC(O)c1cccc(OC(C)C)c1)NCC.I. The number of aliphatic hydroxyl groups is 1. The number of rotatable bonds is 12. The summed E-state index contributed by atoms with van der Waals surface area (Å²) in [7, 11) is 2.14. The molecule has 3 N–H and O–H groups in total. The summed E-state index contributed by atoms with van der Waals surface area (Å²) in [5.41, 5.74) is 0.812. The van der Waals surface area contributed by atoms with Crippen LogP contribution in [0.5, 0.6) is 5.75 Å². The second-order valence-corrected chi connectivity index (χ2v) is 7.06. The van der Waals surface area contributed by atoms with Gasteiger partial charge in [-0.15, -0.1) is 24.0 Å². The van der Waals surface area contributed by atoms with E-state index in [4.69, 9.17) is 4.74 Å². The van der Waals surface area contributed by atoms with Crippen LogP contribution in [0.4, 0.5) is 0 Å². The van der Waals surface area contributed by atoms with Crippen LogP contribution in [0.25, 0.3) is 0 Å². The van der Waals surface area contributed by atoms with Gasteiger partial charge >= 0.3 is 0 Å². The fraction of sp³-hybridized carbons (Fsp3) is 0.667. The minimum Gasteiger partial charge on any atom is -0.491 e. The molecule has 1 atom stereocenters. The maximum atomic E-state index is 10.5. The van der Waals surface area contributed by atoms with Gasteiger partial charge in [0.05, 0.1) is 18.8 Å². The van der Waals surface area contributed by atoms with Gasteiger partial charge in [-0.2, -0.15) is 0 Å². The summed E-state index contributed by atoms with van der Waals surface area (Å²) < 4.78 is 5.70. The van der Waals surface area contributed by atoms with Crippen molar-refractivity contribution in [2.24, 2.45) is 4.99 Å². The molecule has 0 amide bonds. The molecule has 0 spiro atoms. The van der Waals surface area contributed by atoms with Crippen molar-refractivity contribution < 1.29 is 9.84 Å². The van der Waals surface area contributed by atoms with Crippen LogP contribution in [0.2, 0.25) is 0 Å². The quantitative estimate of drug-likeness (QED) is 0.230. The third kappa shape index (κ3) is 11.7. The Morgan fingerprint density at radius 3 is 2.61 bits per heavy atom. The minimum absolute atomic E-state index is 0. The number of guanidine groups is 1. The van der Waals surface area contributed by atoms with Crippen LogP contribution >= 0.6 is 24.0 Å². The molecule has 0 bridgehead atoms. The van der Waals surface area contributed by atoms with Crippen LogP contribution in [0.3, 0.4) is 0 Å². The molecule has 1 aromatic carbocycles. The Labute approximate surface area is 188 Å². The highest BCUT2D eigenvalue weighted by Gasteiger charge is 2.09. The Morgan fingerprint density at radius 1 is 1.21 bits per heavy atom. The molecule has 0 aromatic heterocycles. The maximum Gasteiger partial charge on any atom is 0.191 e. The Bertz CT molecular complexity index is 555. The molecule has 1 aromatic rings. The van der Waals surface area contributed by atoms with Gasteiger partial charge in [0.25, 0.3) is 0 Å². The summed E-state index contributed by atoms with van der Waals surface area (Å²) in [5.74, 6) is 1.50. The van der Waals surface area contributed by atoms with Gasteiger partial charge in [-0.3, -0.25) is 4.99 Å². The van der Waals surface area contributed by atoms with E-state index in [0.29, 0.717) is 6.54 Å². The van der Waals surface area contributed by atoms with E-state index in [2.05, 4.69) is 34.5 Å². The first kappa shape index (κ1) is 26.9. The maximum absolute atomic E-state index is 10.5. The van der Waals surface area contributed by atoms with E-state index in [0.717, 1.165) is 43.5 Å². The van der Waals surface area contributed by atoms with Crippen molar-refractivity contribution in [3.8, 4) is 5.75 Å². The van der Waals surface area contributed by atoms with Gasteiger partial charge in [-0.25, -0.2) is 0 Å². The number of hydrogen-bond acceptors (Lipinski definition) is 4. The highest BCUT2D eigenvalue weighted by molar-refractivity contribution is 14.0. The smallest absolute Gasteiger partial charge is 0.191 e. The second kappa shape index (κ2) is 15.8. The van der Waals surface area contributed by atoms with Gasteiger partial charge in [-0.05, 0) is 58.5 Å². The van der Waals surface area contributed by atoms with Crippen molar-refractivity contribution in [3.63, 3.8) is 0 Å². The van der Waals surface area contributed by atoms with E-state index in [-0.39, 0.29) is 30.1 Å². The molecule has 162 valence electrons. The molecule has 0 radical (unpaired) electrons. The summed E-state index contributed by atoms with van der Waals surface area (Å²) in [5, 5.41) is 17.0. The predicted molar refractivity (Wildman–Crippen MR) is 129 cm³/mol. The first-order valence-corrected chi connectivity index (χ1v) is 10.1. The third-order valence-electron chi connectivity index (χ3n) is 4.06. The molecular weight excluding hydrogens is 467 g/mol. The lowest BCUT2D eigenvalue weighted by atomic mass is 10.1. The van der Waals surface area contributed by atoms with Crippen molar-refractivity contribution in [1.29, 1.82) is 0 Å². The number of likely N-dealkylation sites (N-methyl/N-ethyl adjacent to an activating group) is 1. The van der Waals surface area contributed by atoms with Crippen LogP contribution in [-0.4, -0.2) is 61.8 Å². The fourth-order valence-electron chi connectivity index (χ4n) is 2.60. The van der Waals surface area contributed by atoms with Crippen LogP contribution in [0, 0.1) is 0 Å². The van der Waals surface area contributed by atoms with Gasteiger partial charge in [0.1, 0.15) is 5.75 Å². The van der Waals surface area contributed by atoms with Crippen molar-refractivity contribution in [1.82, 2.24) is 15.5 Å². The molecule has 0 aliphatic carbocycles. The van der Waals surface area contributed by atoms with E-state index in [1.165, 1.54) is 12.8 Å². The molecule has 0 heterocycles. The summed E-state index contributed by atoms with van der Waals surface area (Å²) in [6.45, 7) is 12.2. The first-order valence-electron chi connectivity index (χ1n) is 10.1. The Morgan fingerprint density at radius 2 is 1.96 bits per heavy atom. The van der Waals surface area contributed by atoms with Crippen LogP contribution in [0.15, 0.2) is 29.3 Å². The largest absolute Gasteiger partial charge is 0.491 e. The zero-order valence-corrected chi connectivity index (χ0v) is 20.4. The molecule has 28 heavy (non-hydrogen) atoms. The topological polar surface area (TPSA) is 69.1 Å². The number of benzene rings is 1. The van der Waals surface area contributed by atoms with E-state index in [1.807, 2.05) is 45.0 Å². The molecule has 0 saturated heterocycles. The molecule has 1 unspecified atom stereocenters. The van der Waals surface area contributed by atoms with Crippen molar-refractivity contribution in [2.45, 2.75) is 52.7 Å². The monoisotopic (exact) mass is 506 g/mol. The van der Waals surface area contributed by atoms with Gasteiger partial charge in [0.15, 0.2) is 5.96 Å². The number of nitrogens with one attached hydrogen (secondary N) is 2. The molecule has 0 aliphatic heterocycles. The lowest BCUT2D eigenvalue weighted by Crippen LogP contribution is -2.41. The molecule has 0 saturated carbocycles. The fourth-order valence-corrected chi connectivity index (χ4v) is 2.60. The lowest BCUT2D eigenvalue weighted by molar-refractivity contribution is 0.185. The van der Waals surface area contributed by atoms with E-state index in [1.54, 1.807) is 0 Å². The number of nitrogens with zero attached hydrogens (tertiary/aromatic N) is 2. The second-order valence-electron chi connectivity index (χ2n) is 7.06. The highest BCUT2D eigenvalue weighted by Crippen LogP contribution is 2.20. The number of ether oxygens (including phenoxy) is 1. The van der Waals surface area contributed by atoms with E-state index in [9.17, 15) is 5.11 Å². The van der Waals surface area contributed by atoms with Crippen molar-refractivity contribution in [3.05, 3.63) is 29.8 Å². The van der Waals surface area contributed by atoms with Crippen molar-refractivity contribution >= 4 is 29.9 Å². The number of halogens is 1. The molecular formula is C21H39IN4O2. The Kier molecular flexibility index (Phi) is 15.2. The summed E-state index contributed by atoms with van der Waals surface area (Å²) in [6.07, 6.45) is 1.87. The van der Waals surface area contributed by atoms with Gasteiger partial charge in [0.2, 0.25) is 0 Å². The molecule has 0 aliphatic rings. The number of hydrogen-bond donors (Lipinski definition) is 3. The molecule has 0 fully saturated rings. The van der Waals surface area contributed by atoms with E-state index < -0.39 is 6.10 Å². The van der Waals surface area contributed by atoms with Gasteiger partial charge < -0.3 is 25.4 Å². The molecule has 1 rings (SSSR count). The average Bonchev–Trinajstić information content (AvgIpc) is 2.63. The van der Waals surface area contributed by atoms with Crippen molar-refractivity contribution in [2.75, 3.05) is 39.8 Å². The Hall–Kier alpha value is -1.06.